The van der Waals surface area contributed by atoms with Gasteiger partial charge in [0, 0.05) is 6.20 Å². The summed E-state index contributed by atoms with van der Waals surface area (Å²) in [5, 5.41) is 1.91. The summed E-state index contributed by atoms with van der Waals surface area (Å²) >= 11 is 0. The van der Waals surface area contributed by atoms with Crippen molar-refractivity contribution in [3.63, 3.8) is 0 Å². The van der Waals surface area contributed by atoms with Gasteiger partial charge >= 0.3 is 6.18 Å². The molecule has 0 unspecified atom stereocenters. The quantitative estimate of drug-likeness (QED) is 0.858. The number of aromatic nitrogens is 1. The van der Waals surface area contributed by atoms with Gasteiger partial charge in [0.05, 0.1) is 11.3 Å². The van der Waals surface area contributed by atoms with Gasteiger partial charge in [0.15, 0.2) is 0 Å². The molecular formula is C13H8F4N2O. The number of carbonyl (C=O) groups excluding carboxylic acids is 1. The predicted molar refractivity (Wildman–Crippen MR) is 63.6 cm³/mol. The molecule has 1 aromatic heterocycles. The smallest absolute Gasteiger partial charge is 0.318 e. The molecule has 3 nitrogen and oxygen atoms in total. The van der Waals surface area contributed by atoms with Crippen molar-refractivity contribution >= 4 is 11.6 Å². The van der Waals surface area contributed by atoms with Crippen LogP contribution in [0.15, 0.2) is 42.6 Å². The molecule has 0 aliphatic heterocycles. The number of halogens is 4. The van der Waals surface area contributed by atoms with Gasteiger partial charge in [-0.05, 0) is 24.3 Å². The molecule has 0 atom stereocenters. The number of anilines is 1. The van der Waals surface area contributed by atoms with Crippen molar-refractivity contribution in [1.82, 2.24) is 4.98 Å². The third kappa shape index (κ3) is 2.93. The van der Waals surface area contributed by atoms with Crippen molar-refractivity contribution in [2.45, 2.75) is 6.18 Å². The number of hydrogen-bond donors (Lipinski definition) is 1. The molecule has 1 aromatic carbocycles. The summed E-state index contributed by atoms with van der Waals surface area (Å²) in [5.41, 5.74) is -2.26. The number of rotatable bonds is 2. The Kier molecular flexibility index (Phi) is 3.69. The Morgan fingerprint density at radius 1 is 1.10 bits per heavy atom. The topological polar surface area (TPSA) is 42.0 Å². The molecule has 2 aromatic rings. The Labute approximate surface area is 111 Å². The Morgan fingerprint density at radius 2 is 1.85 bits per heavy atom. The minimum absolute atomic E-state index is 0.108. The van der Waals surface area contributed by atoms with Crippen molar-refractivity contribution < 1.29 is 22.4 Å². The highest BCUT2D eigenvalue weighted by Crippen LogP contribution is 2.36. The van der Waals surface area contributed by atoms with E-state index in [9.17, 15) is 22.4 Å². The zero-order chi connectivity index (χ0) is 14.8. The maximum Gasteiger partial charge on any atom is 0.418 e. The lowest BCUT2D eigenvalue weighted by molar-refractivity contribution is -0.137. The van der Waals surface area contributed by atoms with Gasteiger partial charge in [0.2, 0.25) is 0 Å². The number of nitrogens with zero attached hydrogens (tertiary/aromatic N) is 1. The van der Waals surface area contributed by atoms with Crippen LogP contribution in [0.5, 0.6) is 0 Å². The Bertz CT molecular complexity index is 626. The van der Waals surface area contributed by atoms with Gasteiger partial charge in [-0.25, -0.2) is 4.39 Å². The van der Waals surface area contributed by atoms with Crippen LogP contribution < -0.4 is 5.32 Å². The van der Waals surface area contributed by atoms with Crippen LogP contribution in [0.1, 0.15) is 16.1 Å². The van der Waals surface area contributed by atoms with Gasteiger partial charge in [-0.1, -0.05) is 12.1 Å². The van der Waals surface area contributed by atoms with E-state index in [1.165, 1.54) is 18.3 Å². The summed E-state index contributed by atoms with van der Waals surface area (Å²) in [6.45, 7) is 0. The van der Waals surface area contributed by atoms with Crippen LogP contribution in [-0.2, 0) is 6.18 Å². The van der Waals surface area contributed by atoms with E-state index in [0.717, 1.165) is 12.1 Å². The van der Waals surface area contributed by atoms with Crippen molar-refractivity contribution in [3.8, 4) is 0 Å². The molecule has 0 aliphatic rings. The van der Waals surface area contributed by atoms with Gasteiger partial charge in [-0.2, -0.15) is 13.2 Å². The molecular weight excluding hydrogens is 276 g/mol. The molecule has 104 valence electrons. The van der Waals surface area contributed by atoms with Crippen molar-refractivity contribution in [2.24, 2.45) is 0 Å². The van der Waals surface area contributed by atoms with Gasteiger partial charge in [0.1, 0.15) is 11.5 Å². The zero-order valence-electron chi connectivity index (χ0n) is 9.91. The van der Waals surface area contributed by atoms with E-state index in [-0.39, 0.29) is 5.69 Å². The molecule has 0 saturated carbocycles. The molecule has 0 spiro atoms. The molecule has 1 N–H and O–H groups in total. The van der Waals surface area contributed by atoms with E-state index in [1.807, 2.05) is 5.32 Å². The van der Waals surface area contributed by atoms with Gasteiger partial charge in [-0.3, -0.25) is 9.78 Å². The Morgan fingerprint density at radius 3 is 2.45 bits per heavy atom. The van der Waals surface area contributed by atoms with Gasteiger partial charge in [0.25, 0.3) is 5.91 Å². The Hall–Kier alpha value is -2.44. The van der Waals surface area contributed by atoms with E-state index < -0.39 is 29.2 Å². The summed E-state index contributed by atoms with van der Waals surface area (Å²) in [6.07, 6.45) is -3.46. The highest BCUT2D eigenvalue weighted by atomic mass is 19.4. The predicted octanol–water partition coefficient (Wildman–Crippen LogP) is 3.49. The maximum atomic E-state index is 13.5. The maximum absolute atomic E-state index is 13.5. The summed E-state index contributed by atoms with van der Waals surface area (Å²) in [6, 6.07) is 6.80. The lowest BCUT2D eigenvalue weighted by Gasteiger charge is -2.14. The number of benzene rings is 1. The molecule has 0 bridgehead atoms. The number of amides is 1. The number of nitrogens with one attached hydrogen (secondary N) is 1. The van der Waals surface area contributed by atoms with Crippen molar-refractivity contribution in [3.05, 3.63) is 59.7 Å². The fourth-order valence-corrected chi connectivity index (χ4v) is 1.56. The molecule has 2 rings (SSSR count). The lowest BCUT2D eigenvalue weighted by atomic mass is 10.1. The van der Waals surface area contributed by atoms with E-state index in [4.69, 9.17) is 0 Å². The number of pyridine rings is 1. The van der Waals surface area contributed by atoms with Crippen molar-refractivity contribution in [2.75, 3.05) is 5.32 Å². The third-order valence-electron chi connectivity index (χ3n) is 2.46. The first-order valence-corrected chi connectivity index (χ1v) is 5.47. The zero-order valence-corrected chi connectivity index (χ0v) is 9.91. The molecule has 0 saturated heterocycles. The summed E-state index contributed by atoms with van der Waals surface area (Å²) in [4.78, 5) is 15.4. The van der Waals surface area contributed by atoms with Crippen LogP contribution in [-0.4, -0.2) is 10.9 Å². The van der Waals surface area contributed by atoms with Crippen LogP contribution in [0.3, 0.4) is 0 Å². The Balaban J connectivity index is 2.37. The van der Waals surface area contributed by atoms with Gasteiger partial charge in [-0.15, -0.1) is 0 Å². The molecule has 0 fully saturated rings. The number of alkyl halides is 3. The number of para-hydroxylation sites is 1. The second kappa shape index (κ2) is 5.28. The van der Waals surface area contributed by atoms with Crippen LogP contribution in [0.4, 0.5) is 23.2 Å². The minimum Gasteiger partial charge on any atom is -0.318 e. The molecule has 1 heterocycles. The lowest BCUT2D eigenvalue weighted by Crippen LogP contribution is -2.18. The third-order valence-corrected chi connectivity index (χ3v) is 2.46. The first kappa shape index (κ1) is 14.0. The summed E-state index contributed by atoms with van der Waals surface area (Å²) in [5.74, 6) is -2.08. The first-order chi connectivity index (χ1) is 9.39. The second-order valence-electron chi connectivity index (χ2n) is 3.83. The minimum atomic E-state index is -4.77. The highest BCUT2D eigenvalue weighted by Gasteiger charge is 2.35. The van der Waals surface area contributed by atoms with Crippen LogP contribution in [0, 0.1) is 5.82 Å². The van der Waals surface area contributed by atoms with Crippen LogP contribution in [0.2, 0.25) is 0 Å². The van der Waals surface area contributed by atoms with Gasteiger partial charge < -0.3 is 5.32 Å². The number of hydrogen-bond acceptors (Lipinski definition) is 2. The van der Waals surface area contributed by atoms with E-state index in [0.29, 0.717) is 6.07 Å². The molecule has 7 heteroatoms. The number of carbonyl (C=O) groups is 1. The van der Waals surface area contributed by atoms with Crippen molar-refractivity contribution in [1.29, 1.82) is 0 Å². The van der Waals surface area contributed by atoms with E-state index >= 15 is 0 Å². The fraction of sp³-hybridized carbons (Fsp3) is 0.0769. The van der Waals surface area contributed by atoms with Crippen LogP contribution in [0.25, 0.3) is 0 Å². The molecule has 20 heavy (non-hydrogen) atoms. The van der Waals surface area contributed by atoms with E-state index in [1.54, 1.807) is 6.07 Å². The SMILES string of the molecule is O=C(Nc1c(F)cccc1C(F)(F)F)c1ccccn1. The highest BCUT2D eigenvalue weighted by molar-refractivity contribution is 6.03. The molecule has 1 amide bonds. The van der Waals surface area contributed by atoms with Crippen LogP contribution >= 0.6 is 0 Å². The standard InChI is InChI=1S/C13H8F4N2O/c14-9-5-3-4-8(13(15,16)17)11(9)19-12(20)10-6-1-2-7-18-10/h1-7H,(H,19,20). The molecule has 0 radical (unpaired) electrons. The first-order valence-electron chi connectivity index (χ1n) is 5.47. The summed E-state index contributed by atoms with van der Waals surface area (Å²) < 4.78 is 51.8. The average Bonchev–Trinajstić information content (AvgIpc) is 2.40. The fourth-order valence-electron chi connectivity index (χ4n) is 1.56. The summed E-state index contributed by atoms with van der Waals surface area (Å²) in [7, 11) is 0. The monoisotopic (exact) mass is 284 g/mol. The van der Waals surface area contributed by atoms with E-state index in [2.05, 4.69) is 4.98 Å². The largest absolute Gasteiger partial charge is 0.418 e. The normalized spacial score (nSPS) is 11.2. The average molecular weight is 284 g/mol. The second-order valence-corrected chi connectivity index (χ2v) is 3.83. The molecule has 0 aliphatic carbocycles.